The Labute approximate surface area is 126 Å². The van der Waals surface area contributed by atoms with Crippen LogP contribution in [0.5, 0.6) is 0 Å². The zero-order valence-corrected chi connectivity index (χ0v) is 12.4. The van der Waals surface area contributed by atoms with E-state index in [1.165, 1.54) is 0 Å². The van der Waals surface area contributed by atoms with Crippen LogP contribution >= 0.6 is 11.6 Å². The first-order valence-electron chi connectivity index (χ1n) is 6.45. The van der Waals surface area contributed by atoms with Gasteiger partial charge in [0, 0.05) is 26.0 Å². The van der Waals surface area contributed by atoms with Gasteiger partial charge < -0.3 is 14.6 Å². The number of aromatic nitrogens is 4. The number of ether oxygens (including phenoxy) is 1. The molecule has 0 saturated heterocycles. The van der Waals surface area contributed by atoms with Gasteiger partial charge in [0.15, 0.2) is 5.82 Å². The van der Waals surface area contributed by atoms with Crippen molar-refractivity contribution in [1.29, 1.82) is 0 Å². The van der Waals surface area contributed by atoms with E-state index in [2.05, 4.69) is 20.3 Å². The zero-order valence-electron chi connectivity index (χ0n) is 11.6. The number of imidazole rings is 1. The summed E-state index contributed by atoms with van der Waals surface area (Å²) in [6.45, 7) is 2.94. The monoisotopic (exact) mass is 307 g/mol. The van der Waals surface area contributed by atoms with Gasteiger partial charge in [0.2, 0.25) is 5.28 Å². The molecule has 1 atom stereocenters. The first-order valence-corrected chi connectivity index (χ1v) is 6.82. The van der Waals surface area contributed by atoms with Gasteiger partial charge in [0.1, 0.15) is 5.69 Å². The number of amides is 1. The van der Waals surface area contributed by atoms with E-state index in [4.69, 9.17) is 16.3 Å². The molecule has 0 aliphatic carbocycles. The number of hydrogen-bond donors (Lipinski definition) is 1. The lowest BCUT2D eigenvalue weighted by Gasteiger charge is -2.23. The van der Waals surface area contributed by atoms with E-state index < -0.39 is 0 Å². The van der Waals surface area contributed by atoms with Crippen LogP contribution in [0, 0.1) is 6.92 Å². The molecule has 110 valence electrons. The van der Waals surface area contributed by atoms with E-state index >= 15 is 0 Å². The molecule has 0 spiro atoms. The molecule has 3 rings (SSSR count). The minimum absolute atomic E-state index is 0.0628. The van der Waals surface area contributed by atoms with Gasteiger partial charge in [-0.15, -0.1) is 0 Å². The topological polar surface area (TPSA) is 81.9 Å². The molecule has 2 aromatic rings. The molecule has 0 radical (unpaired) electrons. The van der Waals surface area contributed by atoms with E-state index in [0.717, 1.165) is 5.56 Å². The van der Waals surface area contributed by atoms with Crippen LogP contribution in [0.25, 0.3) is 11.4 Å². The fourth-order valence-corrected chi connectivity index (χ4v) is 2.49. The van der Waals surface area contributed by atoms with Crippen LogP contribution in [-0.4, -0.2) is 45.2 Å². The molecule has 7 nitrogen and oxygen atoms in total. The Morgan fingerprint density at radius 1 is 1.52 bits per heavy atom. The molecule has 0 bridgehead atoms. The number of carbonyl (C=O) groups excluding carboxylic acids is 1. The number of nitrogens with zero attached hydrogens (tertiary/aromatic N) is 4. The van der Waals surface area contributed by atoms with Crippen LogP contribution in [0.4, 0.5) is 0 Å². The van der Waals surface area contributed by atoms with Gasteiger partial charge in [-0.2, -0.15) is 0 Å². The lowest BCUT2D eigenvalue weighted by Crippen LogP contribution is -2.46. The fraction of sp³-hybridized carbons (Fsp3) is 0.385. The summed E-state index contributed by atoms with van der Waals surface area (Å²) < 4.78 is 6.90. The highest BCUT2D eigenvalue weighted by Crippen LogP contribution is 2.22. The van der Waals surface area contributed by atoms with Gasteiger partial charge in [0.25, 0.3) is 5.91 Å². The highest BCUT2D eigenvalue weighted by atomic mass is 35.5. The maximum Gasteiger partial charge on any atom is 0.287 e. The fourth-order valence-electron chi connectivity index (χ4n) is 2.36. The summed E-state index contributed by atoms with van der Waals surface area (Å²) in [5.74, 6) is 0.152. The highest BCUT2D eigenvalue weighted by molar-refractivity contribution is 6.28. The van der Waals surface area contributed by atoms with Crippen molar-refractivity contribution in [2.24, 2.45) is 0 Å². The summed E-state index contributed by atoms with van der Waals surface area (Å²) in [6.07, 6.45) is 3.44. The SMILES string of the molecule is COC[C@H]1Cn2cc(-c3nc(Cl)ncc3C)nc2C(=O)N1. The van der Waals surface area contributed by atoms with Crippen molar-refractivity contribution in [3.8, 4) is 11.4 Å². The van der Waals surface area contributed by atoms with Crippen LogP contribution in [0.2, 0.25) is 5.28 Å². The lowest BCUT2D eigenvalue weighted by atomic mass is 10.2. The van der Waals surface area contributed by atoms with E-state index in [1.807, 2.05) is 17.7 Å². The summed E-state index contributed by atoms with van der Waals surface area (Å²) in [7, 11) is 1.60. The lowest BCUT2D eigenvalue weighted by molar-refractivity contribution is 0.0833. The van der Waals surface area contributed by atoms with Crippen LogP contribution in [-0.2, 0) is 11.3 Å². The Hall–Kier alpha value is -1.99. The number of fused-ring (bicyclic) bond motifs is 1. The first-order chi connectivity index (χ1) is 10.1. The van der Waals surface area contributed by atoms with Crippen LogP contribution < -0.4 is 5.32 Å². The molecule has 21 heavy (non-hydrogen) atoms. The standard InChI is InChI=1S/C13H14ClN5O2/c1-7-3-15-13(14)18-10(7)9-5-19-4-8(6-21-2)16-12(20)11(19)17-9/h3,5,8H,4,6H2,1-2H3,(H,16,20)/t8-/m1/s1. The third-order valence-electron chi connectivity index (χ3n) is 3.28. The number of hydrogen-bond acceptors (Lipinski definition) is 5. The molecular formula is C13H14ClN5O2. The van der Waals surface area contributed by atoms with Crippen LogP contribution in [0.1, 0.15) is 16.2 Å². The van der Waals surface area contributed by atoms with Gasteiger partial charge in [-0.1, -0.05) is 0 Å². The van der Waals surface area contributed by atoms with Crippen molar-refractivity contribution in [2.45, 2.75) is 19.5 Å². The van der Waals surface area contributed by atoms with Crippen molar-refractivity contribution >= 4 is 17.5 Å². The summed E-state index contributed by atoms with van der Waals surface area (Å²) in [5.41, 5.74) is 2.09. The predicted molar refractivity (Wildman–Crippen MR) is 76.1 cm³/mol. The van der Waals surface area contributed by atoms with Gasteiger partial charge >= 0.3 is 0 Å². The van der Waals surface area contributed by atoms with Crippen molar-refractivity contribution in [1.82, 2.24) is 24.8 Å². The minimum atomic E-state index is -0.215. The molecule has 1 aliphatic heterocycles. The number of aryl methyl sites for hydroxylation is 1. The minimum Gasteiger partial charge on any atom is -0.382 e. The number of methoxy groups -OCH3 is 1. The van der Waals surface area contributed by atoms with Gasteiger partial charge in [-0.05, 0) is 24.1 Å². The van der Waals surface area contributed by atoms with Gasteiger partial charge in [-0.25, -0.2) is 15.0 Å². The smallest absolute Gasteiger partial charge is 0.287 e. The molecule has 0 fully saturated rings. The predicted octanol–water partition coefficient (Wildman–Crippen LogP) is 1.06. The highest BCUT2D eigenvalue weighted by Gasteiger charge is 2.27. The molecule has 1 N–H and O–H groups in total. The molecule has 0 saturated carbocycles. The normalized spacial score (nSPS) is 17.5. The summed E-state index contributed by atoms with van der Waals surface area (Å²) in [5, 5.41) is 3.01. The average molecular weight is 308 g/mol. The third-order valence-corrected chi connectivity index (χ3v) is 3.47. The molecule has 0 unspecified atom stereocenters. The Bertz CT molecular complexity index is 700. The van der Waals surface area contributed by atoms with E-state index in [1.54, 1.807) is 13.3 Å². The average Bonchev–Trinajstić information content (AvgIpc) is 2.86. The number of carbonyl (C=O) groups is 1. The molecule has 1 aliphatic rings. The second-order valence-corrected chi connectivity index (χ2v) is 5.24. The van der Waals surface area contributed by atoms with Crippen LogP contribution in [0.15, 0.2) is 12.4 Å². The molecule has 3 heterocycles. The Morgan fingerprint density at radius 2 is 2.33 bits per heavy atom. The number of nitrogens with one attached hydrogen (secondary N) is 1. The van der Waals surface area contributed by atoms with Crippen molar-refractivity contribution in [3.05, 3.63) is 29.1 Å². The first kappa shape index (κ1) is 14.0. The largest absolute Gasteiger partial charge is 0.382 e. The maximum absolute atomic E-state index is 12.1. The third kappa shape index (κ3) is 2.62. The van der Waals surface area contributed by atoms with Crippen molar-refractivity contribution < 1.29 is 9.53 Å². The molecular weight excluding hydrogens is 294 g/mol. The van der Waals surface area contributed by atoms with E-state index in [9.17, 15) is 4.79 Å². The quantitative estimate of drug-likeness (QED) is 0.857. The zero-order chi connectivity index (χ0) is 15.0. The summed E-state index contributed by atoms with van der Waals surface area (Å²) in [6, 6.07) is -0.0628. The van der Waals surface area contributed by atoms with Crippen molar-refractivity contribution in [2.75, 3.05) is 13.7 Å². The Kier molecular flexibility index (Phi) is 3.60. The van der Waals surface area contributed by atoms with Gasteiger partial charge in [0.05, 0.1) is 18.3 Å². The Balaban J connectivity index is 1.99. The maximum atomic E-state index is 12.1. The number of halogens is 1. The van der Waals surface area contributed by atoms with E-state index in [0.29, 0.717) is 30.4 Å². The van der Waals surface area contributed by atoms with Crippen molar-refractivity contribution in [3.63, 3.8) is 0 Å². The summed E-state index contributed by atoms with van der Waals surface area (Å²) in [4.78, 5) is 24.5. The molecule has 2 aromatic heterocycles. The molecule has 8 heteroatoms. The Morgan fingerprint density at radius 3 is 3.10 bits per heavy atom. The van der Waals surface area contributed by atoms with Gasteiger partial charge in [-0.3, -0.25) is 4.79 Å². The second-order valence-electron chi connectivity index (χ2n) is 4.90. The second kappa shape index (κ2) is 5.42. The van der Waals surface area contributed by atoms with E-state index in [-0.39, 0.29) is 17.2 Å². The molecule has 0 aromatic carbocycles. The number of rotatable bonds is 3. The summed E-state index contributed by atoms with van der Waals surface area (Å²) >= 11 is 5.83. The molecule has 1 amide bonds. The van der Waals surface area contributed by atoms with Crippen LogP contribution in [0.3, 0.4) is 0 Å².